The van der Waals surface area contributed by atoms with Crippen LogP contribution in [0.4, 0.5) is 0 Å². The van der Waals surface area contributed by atoms with E-state index in [9.17, 15) is 9.59 Å². The summed E-state index contributed by atoms with van der Waals surface area (Å²) in [5.41, 5.74) is 2.40. The Kier molecular flexibility index (Phi) is 6.05. The first kappa shape index (κ1) is 17.9. The van der Waals surface area contributed by atoms with Crippen LogP contribution in [0.3, 0.4) is 0 Å². The molecule has 2 amide bonds. The second-order valence-electron chi connectivity index (χ2n) is 7.46. The van der Waals surface area contributed by atoms with Crippen LogP contribution in [0.2, 0.25) is 0 Å². The third-order valence-electron chi connectivity index (χ3n) is 5.45. The van der Waals surface area contributed by atoms with Crippen LogP contribution < -0.4 is 0 Å². The number of rotatable bonds is 4. The molecule has 0 unspecified atom stereocenters. The molecule has 0 aliphatic carbocycles. The molecule has 3 heterocycles. The predicted molar refractivity (Wildman–Crippen MR) is 97.0 cm³/mol. The summed E-state index contributed by atoms with van der Waals surface area (Å²) < 4.78 is 0. The molecule has 3 rings (SSSR count). The number of piperidine rings is 1. The fourth-order valence-corrected chi connectivity index (χ4v) is 3.92. The van der Waals surface area contributed by atoms with Gasteiger partial charge in [-0.1, -0.05) is 6.42 Å². The Labute approximate surface area is 150 Å². The SMILES string of the molecule is Cc1cc(CC2CCN(C(=O)CN3CCCCCC3=O)CC2)ccn1. The zero-order chi connectivity index (χ0) is 17.6. The number of carbonyl (C=O) groups excluding carboxylic acids is 2. The normalized spacial score (nSPS) is 19.8. The summed E-state index contributed by atoms with van der Waals surface area (Å²) in [6.45, 7) is 4.66. The van der Waals surface area contributed by atoms with Crippen molar-refractivity contribution in [3.63, 3.8) is 0 Å². The summed E-state index contributed by atoms with van der Waals surface area (Å²) in [6, 6.07) is 4.25. The average Bonchev–Trinajstić information content (AvgIpc) is 2.80. The second-order valence-corrected chi connectivity index (χ2v) is 7.46. The molecule has 1 aromatic rings. The quantitative estimate of drug-likeness (QED) is 0.844. The number of aromatic nitrogens is 1. The van der Waals surface area contributed by atoms with Gasteiger partial charge in [-0.15, -0.1) is 0 Å². The minimum atomic E-state index is 0.119. The second kappa shape index (κ2) is 8.45. The van der Waals surface area contributed by atoms with Crippen molar-refractivity contribution in [2.45, 2.75) is 51.9 Å². The van der Waals surface area contributed by atoms with Gasteiger partial charge in [-0.3, -0.25) is 14.6 Å². The minimum absolute atomic E-state index is 0.119. The molecule has 0 N–H and O–H groups in total. The fourth-order valence-electron chi connectivity index (χ4n) is 3.92. The summed E-state index contributed by atoms with van der Waals surface area (Å²) in [5, 5.41) is 0. The number of pyridine rings is 1. The van der Waals surface area contributed by atoms with E-state index in [-0.39, 0.29) is 18.4 Å². The molecule has 25 heavy (non-hydrogen) atoms. The molecule has 0 spiro atoms. The first-order chi connectivity index (χ1) is 12.1. The number of hydrogen-bond donors (Lipinski definition) is 0. The summed E-state index contributed by atoms with van der Waals surface area (Å²) in [5.74, 6) is 0.896. The van der Waals surface area contributed by atoms with Crippen LogP contribution in [-0.2, 0) is 16.0 Å². The monoisotopic (exact) mass is 343 g/mol. The van der Waals surface area contributed by atoms with E-state index in [2.05, 4.69) is 17.1 Å². The van der Waals surface area contributed by atoms with Gasteiger partial charge >= 0.3 is 0 Å². The standard InChI is InChI=1S/C20H29N3O2/c1-16-13-18(6-9-21-16)14-17-7-11-22(12-8-17)20(25)15-23-10-4-2-3-5-19(23)24/h6,9,13,17H,2-5,7-8,10-12,14-15H2,1H3. The third-order valence-corrected chi connectivity index (χ3v) is 5.45. The van der Waals surface area contributed by atoms with Crippen molar-refractivity contribution >= 4 is 11.8 Å². The molecule has 5 heteroatoms. The van der Waals surface area contributed by atoms with Gasteiger partial charge in [-0.2, -0.15) is 0 Å². The summed E-state index contributed by atoms with van der Waals surface area (Å²) >= 11 is 0. The van der Waals surface area contributed by atoms with Crippen LogP contribution in [0.25, 0.3) is 0 Å². The number of likely N-dealkylation sites (tertiary alicyclic amines) is 2. The molecule has 0 saturated carbocycles. The molecule has 0 atom stereocenters. The van der Waals surface area contributed by atoms with Crippen molar-refractivity contribution in [2.75, 3.05) is 26.2 Å². The van der Waals surface area contributed by atoms with E-state index in [0.717, 1.165) is 63.9 Å². The van der Waals surface area contributed by atoms with Crippen LogP contribution in [-0.4, -0.2) is 52.8 Å². The number of hydrogen-bond acceptors (Lipinski definition) is 3. The summed E-state index contributed by atoms with van der Waals surface area (Å²) in [4.78, 5) is 32.6. The van der Waals surface area contributed by atoms with E-state index in [0.29, 0.717) is 12.3 Å². The van der Waals surface area contributed by atoms with Crippen LogP contribution >= 0.6 is 0 Å². The Hall–Kier alpha value is -1.91. The van der Waals surface area contributed by atoms with E-state index in [1.54, 1.807) is 4.90 Å². The van der Waals surface area contributed by atoms with Crippen molar-refractivity contribution in [3.8, 4) is 0 Å². The predicted octanol–water partition coefficient (Wildman–Crippen LogP) is 2.57. The topological polar surface area (TPSA) is 53.5 Å². The number of aryl methyl sites for hydroxylation is 1. The Morgan fingerprint density at radius 1 is 1.20 bits per heavy atom. The molecule has 0 bridgehead atoms. The fraction of sp³-hybridized carbons (Fsp3) is 0.650. The van der Waals surface area contributed by atoms with E-state index in [1.807, 2.05) is 18.0 Å². The molecule has 2 aliphatic rings. The highest BCUT2D eigenvalue weighted by atomic mass is 16.2. The number of nitrogens with zero attached hydrogens (tertiary/aromatic N) is 3. The van der Waals surface area contributed by atoms with Crippen LogP contribution in [0.15, 0.2) is 18.3 Å². The summed E-state index contributed by atoms with van der Waals surface area (Å²) in [7, 11) is 0. The maximum atomic E-state index is 12.6. The van der Waals surface area contributed by atoms with Crippen molar-refractivity contribution in [2.24, 2.45) is 5.92 Å². The molecule has 2 saturated heterocycles. The lowest BCUT2D eigenvalue weighted by molar-refractivity contribution is -0.141. The maximum absolute atomic E-state index is 12.6. The highest BCUT2D eigenvalue weighted by molar-refractivity contribution is 5.85. The highest BCUT2D eigenvalue weighted by Gasteiger charge is 2.26. The molecular weight excluding hydrogens is 314 g/mol. The Morgan fingerprint density at radius 3 is 2.76 bits per heavy atom. The number of carbonyl (C=O) groups is 2. The van der Waals surface area contributed by atoms with Crippen LogP contribution in [0.1, 0.15) is 49.8 Å². The molecule has 0 aromatic carbocycles. The van der Waals surface area contributed by atoms with Gasteiger partial charge in [0.05, 0.1) is 6.54 Å². The molecule has 2 aliphatic heterocycles. The van der Waals surface area contributed by atoms with Gasteiger partial charge in [-0.25, -0.2) is 0 Å². The Bertz CT molecular complexity index is 609. The van der Waals surface area contributed by atoms with E-state index in [4.69, 9.17) is 0 Å². The molecule has 2 fully saturated rings. The van der Waals surface area contributed by atoms with Gasteiger partial charge in [0, 0.05) is 37.9 Å². The third kappa shape index (κ3) is 5.03. The Balaban J connectivity index is 1.46. The summed E-state index contributed by atoms with van der Waals surface area (Å²) in [6.07, 6.45) is 8.70. The molecule has 1 aromatic heterocycles. The lowest BCUT2D eigenvalue weighted by atomic mass is 9.90. The van der Waals surface area contributed by atoms with Crippen molar-refractivity contribution < 1.29 is 9.59 Å². The van der Waals surface area contributed by atoms with E-state index < -0.39 is 0 Å². The van der Waals surface area contributed by atoms with Crippen molar-refractivity contribution in [3.05, 3.63) is 29.6 Å². The molecular formula is C20H29N3O2. The van der Waals surface area contributed by atoms with Gasteiger partial charge in [0.1, 0.15) is 0 Å². The zero-order valence-electron chi connectivity index (χ0n) is 15.2. The minimum Gasteiger partial charge on any atom is -0.341 e. The van der Waals surface area contributed by atoms with E-state index in [1.165, 1.54) is 5.56 Å². The lowest BCUT2D eigenvalue weighted by Crippen LogP contribution is -2.45. The highest BCUT2D eigenvalue weighted by Crippen LogP contribution is 2.22. The van der Waals surface area contributed by atoms with Gasteiger partial charge in [0.15, 0.2) is 0 Å². The first-order valence-corrected chi connectivity index (χ1v) is 9.59. The largest absolute Gasteiger partial charge is 0.341 e. The average molecular weight is 343 g/mol. The van der Waals surface area contributed by atoms with Crippen molar-refractivity contribution in [1.29, 1.82) is 0 Å². The molecule has 136 valence electrons. The lowest BCUT2D eigenvalue weighted by Gasteiger charge is -2.33. The van der Waals surface area contributed by atoms with Gasteiger partial charge < -0.3 is 9.80 Å². The van der Waals surface area contributed by atoms with Gasteiger partial charge in [0.2, 0.25) is 11.8 Å². The first-order valence-electron chi connectivity index (χ1n) is 9.59. The molecule has 0 radical (unpaired) electrons. The van der Waals surface area contributed by atoms with Gasteiger partial charge in [0.25, 0.3) is 0 Å². The smallest absolute Gasteiger partial charge is 0.242 e. The molecule has 5 nitrogen and oxygen atoms in total. The van der Waals surface area contributed by atoms with Crippen LogP contribution in [0, 0.1) is 12.8 Å². The zero-order valence-corrected chi connectivity index (χ0v) is 15.2. The van der Waals surface area contributed by atoms with Gasteiger partial charge in [-0.05, 0) is 62.6 Å². The van der Waals surface area contributed by atoms with Crippen molar-refractivity contribution in [1.82, 2.24) is 14.8 Å². The van der Waals surface area contributed by atoms with E-state index >= 15 is 0 Å². The number of amides is 2. The Morgan fingerprint density at radius 2 is 2.00 bits per heavy atom. The maximum Gasteiger partial charge on any atom is 0.242 e. The van der Waals surface area contributed by atoms with Crippen LogP contribution in [0.5, 0.6) is 0 Å².